The number of nitrogens with zero attached hydrogens (tertiary/aromatic N) is 1. The van der Waals surface area contributed by atoms with Gasteiger partial charge in [0.25, 0.3) is 0 Å². The van der Waals surface area contributed by atoms with Gasteiger partial charge in [-0.05, 0) is 36.2 Å². The molecule has 1 amide bonds. The Morgan fingerprint density at radius 1 is 1.17 bits per heavy atom. The second-order valence-electron chi connectivity index (χ2n) is 6.89. The Labute approximate surface area is 176 Å². The summed E-state index contributed by atoms with van der Waals surface area (Å²) in [6, 6.07) is 15.0. The summed E-state index contributed by atoms with van der Waals surface area (Å²) in [5, 5.41) is 13.7. The molecular formula is C22H27ClN2O4. The van der Waals surface area contributed by atoms with Crippen LogP contribution in [-0.4, -0.2) is 50.5 Å². The van der Waals surface area contributed by atoms with Gasteiger partial charge in [0, 0.05) is 31.7 Å². The zero-order chi connectivity index (χ0) is 20.5. The van der Waals surface area contributed by atoms with E-state index in [0.29, 0.717) is 30.2 Å². The lowest BCUT2D eigenvalue weighted by Crippen LogP contribution is -2.36. The standard InChI is InChI=1S/C22H27ClN2O4/c23-19-4-1-2-5-21(19)29-13-3-6-22(27)24-16-20(26)17-7-9-18(10-8-17)25-11-14-28-15-12-25/h1-2,4-5,7-10,20,26H,3,6,11-16H2,(H,24,27). The number of carbonyl (C=O) groups is 1. The molecule has 0 saturated carbocycles. The molecule has 0 radical (unpaired) electrons. The van der Waals surface area contributed by atoms with Crippen molar-refractivity contribution in [2.45, 2.75) is 18.9 Å². The van der Waals surface area contributed by atoms with E-state index in [4.69, 9.17) is 21.1 Å². The molecule has 1 atom stereocenters. The number of hydrogen-bond acceptors (Lipinski definition) is 5. The maximum absolute atomic E-state index is 12.0. The fraction of sp³-hybridized carbons (Fsp3) is 0.409. The Hall–Kier alpha value is -2.28. The number of amides is 1. The zero-order valence-corrected chi connectivity index (χ0v) is 17.1. The number of aliphatic hydroxyl groups excluding tert-OH is 1. The minimum Gasteiger partial charge on any atom is -0.492 e. The van der Waals surface area contributed by atoms with Crippen LogP contribution in [0.15, 0.2) is 48.5 Å². The van der Waals surface area contributed by atoms with Crippen LogP contribution in [-0.2, 0) is 9.53 Å². The van der Waals surface area contributed by atoms with E-state index in [0.717, 1.165) is 37.6 Å². The first kappa shape index (κ1) is 21.4. The number of benzene rings is 2. The quantitative estimate of drug-likeness (QED) is 0.612. The van der Waals surface area contributed by atoms with Crippen LogP contribution in [0.5, 0.6) is 5.75 Å². The number of morpholine rings is 1. The number of para-hydroxylation sites is 1. The van der Waals surface area contributed by atoms with Crippen LogP contribution in [0.25, 0.3) is 0 Å². The van der Waals surface area contributed by atoms with Crippen molar-refractivity contribution in [3.05, 3.63) is 59.1 Å². The van der Waals surface area contributed by atoms with Gasteiger partial charge in [0.1, 0.15) is 5.75 Å². The highest BCUT2D eigenvalue weighted by molar-refractivity contribution is 6.32. The monoisotopic (exact) mass is 418 g/mol. The Balaban J connectivity index is 1.35. The molecular weight excluding hydrogens is 392 g/mol. The highest BCUT2D eigenvalue weighted by Crippen LogP contribution is 2.23. The smallest absolute Gasteiger partial charge is 0.220 e. The normalized spacial score (nSPS) is 15.0. The summed E-state index contributed by atoms with van der Waals surface area (Å²) in [5.74, 6) is 0.502. The average Bonchev–Trinajstić information content (AvgIpc) is 2.77. The summed E-state index contributed by atoms with van der Waals surface area (Å²) in [5.41, 5.74) is 1.90. The van der Waals surface area contributed by atoms with E-state index in [1.165, 1.54) is 0 Å². The molecule has 1 aliphatic rings. The van der Waals surface area contributed by atoms with E-state index in [9.17, 15) is 9.90 Å². The molecule has 1 heterocycles. The molecule has 29 heavy (non-hydrogen) atoms. The van der Waals surface area contributed by atoms with Crippen molar-refractivity contribution < 1.29 is 19.4 Å². The van der Waals surface area contributed by atoms with E-state index in [2.05, 4.69) is 10.2 Å². The summed E-state index contributed by atoms with van der Waals surface area (Å²) in [7, 11) is 0. The summed E-state index contributed by atoms with van der Waals surface area (Å²) >= 11 is 6.02. The van der Waals surface area contributed by atoms with Crippen LogP contribution in [0, 0.1) is 0 Å². The average molecular weight is 419 g/mol. The molecule has 1 aliphatic heterocycles. The van der Waals surface area contributed by atoms with Gasteiger partial charge in [-0.15, -0.1) is 0 Å². The first-order valence-corrected chi connectivity index (χ1v) is 10.3. The van der Waals surface area contributed by atoms with Gasteiger partial charge in [0.05, 0.1) is 30.9 Å². The lowest BCUT2D eigenvalue weighted by molar-refractivity contribution is -0.121. The maximum Gasteiger partial charge on any atom is 0.220 e. The first-order chi connectivity index (χ1) is 14.1. The Morgan fingerprint density at radius 2 is 1.90 bits per heavy atom. The van der Waals surface area contributed by atoms with E-state index in [1.54, 1.807) is 12.1 Å². The molecule has 3 rings (SSSR count). The number of halogens is 1. The summed E-state index contributed by atoms with van der Waals surface area (Å²) in [6.45, 7) is 3.81. The van der Waals surface area contributed by atoms with Crippen molar-refractivity contribution in [1.29, 1.82) is 0 Å². The first-order valence-electron chi connectivity index (χ1n) is 9.88. The molecule has 0 aromatic heterocycles. The number of ether oxygens (including phenoxy) is 2. The van der Waals surface area contributed by atoms with Crippen LogP contribution < -0.4 is 15.0 Å². The van der Waals surface area contributed by atoms with E-state index >= 15 is 0 Å². The van der Waals surface area contributed by atoms with Gasteiger partial charge in [0.15, 0.2) is 0 Å². The van der Waals surface area contributed by atoms with Crippen LogP contribution >= 0.6 is 11.6 Å². The topological polar surface area (TPSA) is 71.0 Å². The van der Waals surface area contributed by atoms with Gasteiger partial charge in [-0.2, -0.15) is 0 Å². The summed E-state index contributed by atoms with van der Waals surface area (Å²) < 4.78 is 10.9. The predicted molar refractivity (Wildman–Crippen MR) is 114 cm³/mol. The highest BCUT2D eigenvalue weighted by Gasteiger charge is 2.13. The number of anilines is 1. The Bertz CT molecular complexity index is 779. The summed E-state index contributed by atoms with van der Waals surface area (Å²) in [6.07, 6.45) is 0.159. The number of aliphatic hydroxyl groups is 1. The third-order valence-electron chi connectivity index (χ3n) is 4.79. The van der Waals surface area contributed by atoms with Crippen molar-refractivity contribution in [3.63, 3.8) is 0 Å². The van der Waals surface area contributed by atoms with Crippen LogP contribution in [0.2, 0.25) is 5.02 Å². The largest absolute Gasteiger partial charge is 0.492 e. The molecule has 7 heteroatoms. The minimum atomic E-state index is -0.739. The van der Waals surface area contributed by atoms with Crippen molar-refractivity contribution in [2.24, 2.45) is 0 Å². The van der Waals surface area contributed by atoms with E-state index in [-0.39, 0.29) is 12.5 Å². The Kier molecular flexibility index (Phi) is 8.16. The van der Waals surface area contributed by atoms with Crippen LogP contribution in [0.4, 0.5) is 5.69 Å². The van der Waals surface area contributed by atoms with Crippen molar-refractivity contribution >= 4 is 23.2 Å². The second kappa shape index (κ2) is 11.0. The molecule has 0 spiro atoms. The molecule has 2 aromatic carbocycles. The molecule has 2 N–H and O–H groups in total. The third-order valence-corrected chi connectivity index (χ3v) is 5.10. The van der Waals surface area contributed by atoms with Crippen molar-refractivity contribution in [3.8, 4) is 5.75 Å². The lowest BCUT2D eigenvalue weighted by atomic mass is 10.1. The number of nitrogens with one attached hydrogen (secondary N) is 1. The van der Waals surface area contributed by atoms with Gasteiger partial charge in [-0.1, -0.05) is 35.9 Å². The number of rotatable bonds is 9. The summed E-state index contributed by atoms with van der Waals surface area (Å²) in [4.78, 5) is 14.3. The van der Waals surface area contributed by atoms with E-state index in [1.807, 2.05) is 36.4 Å². The number of hydrogen-bond donors (Lipinski definition) is 2. The fourth-order valence-electron chi connectivity index (χ4n) is 3.12. The van der Waals surface area contributed by atoms with Gasteiger partial charge in [-0.3, -0.25) is 4.79 Å². The molecule has 2 aromatic rings. The molecule has 1 saturated heterocycles. The lowest BCUT2D eigenvalue weighted by Gasteiger charge is -2.29. The van der Waals surface area contributed by atoms with Gasteiger partial charge in [-0.25, -0.2) is 0 Å². The van der Waals surface area contributed by atoms with Crippen molar-refractivity contribution in [2.75, 3.05) is 44.4 Å². The minimum absolute atomic E-state index is 0.114. The van der Waals surface area contributed by atoms with Crippen LogP contribution in [0.1, 0.15) is 24.5 Å². The predicted octanol–water partition coefficient (Wildman–Crippen LogP) is 3.19. The highest BCUT2D eigenvalue weighted by atomic mass is 35.5. The van der Waals surface area contributed by atoms with Gasteiger partial charge in [0.2, 0.25) is 5.91 Å². The van der Waals surface area contributed by atoms with Gasteiger partial charge >= 0.3 is 0 Å². The van der Waals surface area contributed by atoms with Gasteiger partial charge < -0.3 is 24.8 Å². The Morgan fingerprint density at radius 3 is 2.62 bits per heavy atom. The number of carbonyl (C=O) groups excluding carboxylic acids is 1. The molecule has 0 bridgehead atoms. The molecule has 1 fully saturated rings. The third kappa shape index (κ3) is 6.63. The fourth-order valence-corrected chi connectivity index (χ4v) is 3.31. The molecule has 0 aliphatic carbocycles. The second-order valence-corrected chi connectivity index (χ2v) is 7.30. The van der Waals surface area contributed by atoms with Crippen molar-refractivity contribution in [1.82, 2.24) is 5.32 Å². The maximum atomic E-state index is 12.0. The van der Waals surface area contributed by atoms with Crippen LogP contribution in [0.3, 0.4) is 0 Å². The van der Waals surface area contributed by atoms with E-state index < -0.39 is 6.10 Å². The zero-order valence-electron chi connectivity index (χ0n) is 16.4. The SMILES string of the molecule is O=C(CCCOc1ccccc1Cl)NCC(O)c1ccc(N2CCOCC2)cc1. The molecule has 156 valence electrons. The molecule has 1 unspecified atom stereocenters. The molecule has 6 nitrogen and oxygen atoms in total.